The first kappa shape index (κ1) is 12.8. The molecule has 2 rings (SSSR count). The molecule has 4 nitrogen and oxygen atoms in total. The molecule has 0 aliphatic heterocycles. The number of halogens is 1. The van der Waals surface area contributed by atoms with Crippen molar-refractivity contribution in [3.05, 3.63) is 41.4 Å². The van der Waals surface area contributed by atoms with Gasteiger partial charge in [-0.1, -0.05) is 11.6 Å². The lowest BCUT2D eigenvalue weighted by Gasteiger charge is -2.12. The predicted octanol–water partition coefficient (Wildman–Crippen LogP) is 2.97. The van der Waals surface area contributed by atoms with Crippen LogP contribution in [-0.4, -0.2) is 23.2 Å². The van der Waals surface area contributed by atoms with Gasteiger partial charge in [-0.15, -0.1) is 0 Å². The van der Waals surface area contributed by atoms with Gasteiger partial charge in [-0.25, -0.2) is 4.98 Å². The van der Waals surface area contributed by atoms with Gasteiger partial charge in [0.05, 0.1) is 12.8 Å². The summed E-state index contributed by atoms with van der Waals surface area (Å²) < 4.78 is 7.36. The van der Waals surface area contributed by atoms with E-state index < -0.39 is 0 Å². The zero-order valence-corrected chi connectivity index (χ0v) is 11.2. The maximum absolute atomic E-state index is 5.97. The number of anilines is 1. The molecule has 2 aromatic rings. The average molecular weight is 266 g/mol. The number of nitrogens with zero attached hydrogens (tertiary/aromatic N) is 2. The lowest BCUT2D eigenvalue weighted by Crippen LogP contribution is -2.11. The van der Waals surface area contributed by atoms with E-state index >= 15 is 0 Å². The van der Waals surface area contributed by atoms with Crippen LogP contribution < -0.4 is 10.1 Å². The number of hydrogen-bond acceptors (Lipinski definition) is 3. The van der Waals surface area contributed by atoms with Crippen molar-refractivity contribution in [3.8, 4) is 5.75 Å². The van der Waals surface area contributed by atoms with Gasteiger partial charge >= 0.3 is 0 Å². The van der Waals surface area contributed by atoms with Gasteiger partial charge in [0.1, 0.15) is 11.6 Å². The summed E-state index contributed by atoms with van der Waals surface area (Å²) in [5, 5.41) is 4.00. The van der Waals surface area contributed by atoms with E-state index in [1.165, 1.54) is 0 Å². The highest BCUT2D eigenvalue weighted by molar-refractivity contribution is 6.30. The van der Waals surface area contributed by atoms with E-state index in [1.54, 1.807) is 13.3 Å². The van der Waals surface area contributed by atoms with Crippen LogP contribution in [0.5, 0.6) is 5.75 Å². The Balaban J connectivity index is 1.98. The summed E-state index contributed by atoms with van der Waals surface area (Å²) in [5.41, 5.74) is 0.905. The Hall–Kier alpha value is -1.68. The maximum Gasteiger partial charge on any atom is 0.142 e. The van der Waals surface area contributed by atoms with Gasteiger partial charge in [-0.2, -0.15) is 0 Å². The molecular formula is C13H16ClN3O. The third kappa shape index (κ3) is 2.96. The van der Waals surface area contributed by atoms with Crippen molar-refractivity contribution < 1.29 is 4.74 Å². The number of ether oxygens (including phenoxy) is 1. The molecule has 0 unspecified atom stereocenters. The number of aryl methyl sites for hydroxylation is 1. The highest BCUT2D eigenvalue weighted by Crippen LogP contribution is 2.27. The van der Waals surface area contributed by atoms with Crippen LogP contribution in [0.4, 0.5) is 5.69 Å². The molecule has 0 saturated heterocycles. The SMILES string of the molecule is COc1ccc(Cl)cc1NCCn1ccnc1C. The molecule has 0 spiro atoms. The molecule has 0 fully saturated rings. The normalized spacial score (nSPS) is 10.4. The van der Waals surface area contributed by atoms with Gasteiger partial charge in [0.15, 0.2) is 0 Å². The Morgan fingerprint density at radius 1 is 1.44 bits per heavy atom. The van der Waals surface area contributed by atoms with E-state index in [-0.39, 0.29) is 0 Å². The minimum absolute atomic E-state index is 0.692. The molecule has 1 aromatic heterocycles. The van der Waals surface area contributed by atoms with Crippen molar-refractivity contribution in [2.75, 3.05) is 19.0 Å². The Labute approximate surface area is 112 Å². The fourth-order valence-corrected chi connectivity index (χ4v) is 1.94. The topological polar surface area (TPSA) is 39.1 Å². The molecule has 18 heavy (non-hydrogen) atoms. The number of methoxy groups -OCH3 is 1. The van der Waals surface area contributed by atoms with Crippen LogP contribution in [0.25, 0.3) is 0 Å². The Morgan fingerprint density at radius 3 is 2.94 bits per heavy atom. The summed E-state index contributed by atoms with van der Waals surface area (Å²) in [6.07, 6.45) is 3.77. The van der Waals surface area contributed by atoms with Crippen molar-refractivity contribution in [1.29, 1.82) is 0 Å². The standard InChI is InChI=1S/C13H16ClN3O/c1-10-15-5-7-17(10)8-6-16-12-9-11(14)3-4-13(12)18-2/h3-5,7,9,16H,6,8H2,1-2H3. The fourth-order valence-electron chi connectivity index (χ4n) is 1.77. The predicted molar refractivity (Wildman–Crippen MR) is 73.5 cm³/mol. The molecule has 0 atom stereocenters. The molecule has 0 bridgehead atoms. The van der Waals surface area contributed by atoms with E-state index in [2.05, 4.69) is 14.9 Å². The van der Waals surface area contributed by atoms with Crippen LogP contribution >= 0.6 is 11.6 Å². The first-order valence-corrected chi connectivity index (χ1v) is 6.13. The monoisotopic (exact) mass is 265 g/mol. The highest BCUT2D eigenvalue weighted by atomic mass is 35.5. The number of nitrogens with one attached hydrogen (secondary N) is 1. The van der Waals surface area contributed by atoms with Gasteiger partial charge < -0.3 is 14.6 Å². The number of benzene rings is 1. The second-order valence-corrected chi connectivity index (χ2v) is 4.38. The van der Waals surface area contributed by atoms with Crippen molar-refractivity contribution in [1.82, 2.24) is 9.55 Å². The maximum atomic E-state index is 5.97. The summed E-state index contributed by atoms with van der Waals surface area (Å²) in [4.78, 5) is 4.18. The summed E-state index contributed by atoms with van der Waals surface area (Å²) >= 11 is 5.97. The molecule has 1 heterocycles. The Bertz CT molecular complexity index is 525. The number of aromatic nitrogens is 2. The molecule has 0 aliphatic rings. The molecule has 0 amide bonds. The second-order valence-electron chi connectivity index (χ2n) is 3.94. The quantitative estimate of drug-likeness (QED) is 0.903. The van der Waals surface area contributed by atoms with Gasteiger partial charge in [-0.05, 0) is 25.1 Å². The number of imidazole rings is 1. The van der Waals surface area contributed by atoms with Crippen LogP contribution in [0.1, 0.15) is 5.82 Å². The van der Waals surface area contributed by atoms with Gasteiger partial charge in [-0.3, -0.25) is 0 Å². The molecule has 0 aliphatic carbocycles. The van der Waals surface area contributed by atoms with Gasteiger partial charge in [0.2, 0.25) is 0 Å². The molecule has 0 radical (unpaired) electrons. The minimum atomic E-state index is 0.692. The average Bonchev–Trinajstić information content (AvgIpc) is 2.76. The summed E-state index contributed by atoms with van der Waals surface area (Å²) in [5.74, 6) is 1.80. The van der Waals surface area contributed by atoms with E-state index in [9.17, 15) is 0 Å². The largest absolute Gasteiger partial charge is 0.495 e. The zero-order valence-electron chi connectivity index (χ0n) is 10.5. The molecule has 0 saturated carbocycles. The molecule has 1 N–H and O–H groups in total. The van der Waals surface area contributed by atoms with Crippen molar-refractivity contribution >= 4 is 17.3 Å². The third-order valence-corrected chi connectivity index (χ3v) is 2.99. The minimum Gasteiger partial charge on any atom is -0.495 e. The first-order chi connectivity index (χ1) is 8.70. The van der Waals surface area contributed by atoms with Gasteiger partial charge in [0, 0.05) is 30.5 Å². The highest BCUT2D eigenvalue weighted by Gasteiger charge is 2.03. The fraction of sp³-hybridized carbons (Fsp3) is 0.308. The number of rotatable bonds is 5. The van der Waals surface area contributed by atoms with Crippen LogP contribution in [-0.2, 0) is 6.54 Å². The second kappa shape index (κ2) is 5.78. The Morgan fingerprint density at radius 2 is 2.28 bits per heavy atom. The first-order valence-electron chi connectivity index (χ1n) is 5.76. The van der Waals surface area contributed by atoms with Crippen LogP contribution in [0, 0.1) is 6.92 Å². The molecule has 5 heteroatoms. The van der Waals surface area contributed by atoms with E-state index in [0.717, 1.165) is 30.4 Å². The van der Waals surface area contributed by atoms with E-state index in [0.29, 0.717) is 5.02 Å². The Kier molecular flexibility index (Phi) is 4.10. The van der Waals surface area contributed by atoms with Gasteiger partial charge in [0.25, 0.3) is 0 Å². The van der Waals surface area contributed by atoms with E-state index in [4.69, 9.17) is 16.3 Å². The zero-order chi connectivity index (χ0) is 13.0. The lowest BCUT2D eigenvalue weighted by molar-refractivity contribution is 0.416. The van der Waals surface area contributed by atoms with Crippen LogP contribution in [0.15, 0.2) is 30.6 Å². The smallest absolute Gasteiger partial charge is 0.142 e. The van der Waals surface area contributed by atoms with Crippen LogP contribution in [0.2, 0.25) is 5.02 Å². The van der Waals surface area contributed by atoms with E-state index in [1.807, 2.05) is 31.3 Å². The summed E-state index contributed by atoms with van der Waals surface area (Å²) in [6, 6.07) is 5.53. The molecule has 96 valence electrons. The number of hydrogen-bond donors (Lipinski definition) is 1. The van der Waals surface area contributed by atoms with Crippen molar-refractivity contribution in [2.45, 2.75) is 13.5 Å². The van der Waals surface area contributed by atoms with Crippen molar-refractivity contribution in [3.63, 3.8) is 0 Å². The third-order valence-electron chi connectivity index (χ3n) is 2.75. The summed E-state index contributed by atoms with van der Waals surface area (Å²) in [6.45, 7) is 3.62. The molecule has 1 aromatic carbocycles. The summed E-state index contributed by atoms with van der Waals surface area (Å²) in [7, 11) is 1.65. The molecular weight excluding hydrogens is 250 g/mol. The lowest BCUT2D eigenvalue weighted by atomic mass is 10.3. The van der Waals surface area contributed by atoms with Crippen molar-refractivity contribution in [2.24, 2.45) is 0 Å². The van der Waals surface area contributed by atoms with Crippen LogP contribution in [0.3, 0.4) is 0 Å².